The molecule has 3 heterocycles. The van der Waals surface area contributed by atoms with Crippen LogP contribution in [-0.2, 0) is 16.6 Å². The second-order valence-electron chi connectivity index (χ2n) is 4.50. The van der Waals surface area contributed by atoms with Gasteiger partial charge in [0.05, 0.1) is 11.9 Å². The molecule has 0 bridgehead atoms. The highest BCUT2D eigenvalue weighted by Gasteiger charge is 2.19. The number of imidazole rings is 2. The van der Waals surface area contributed by atoms with Gasteiger partial charge in [-0.3, -0.25) is 9.12 Å². The van der Waals surface area contributed by atoms with Crippen LogP contribution in [0.25, 0.3) is 5.78 Å². The smallest absolute Gasteiger partial charge is 0.281 e. The van der Waals surface area contributed by atoms with Gasteiger partial charge in [-0.05, 0) is 13.8 Å². The van der Waals surface area contributed by atoms with E-state index in [1.807, 2.05) is 6.92 Å². The van der Waals surface area contributed by atoms with Crippen LogP contribution in [0.5, 0.6) is 0 Å². The molecule has 9 heteroatoms. The van der Waals surface area contributed by atoms with E-state index in [1.165, 1.54) is 12.4 Å². The van der Waals surface area contributed by atoms with E-state index in [2.05, 4.69) is 19.7 Å². The molecule has 0 fully saturated rings. The van der Waals surface area contributed by atoms with Crippen LogP contribution in [0, 0.1) is 6.92 Å². The number of rotatable bonds is 4. The van der Waals surface area contributed by atoms with Gasteiger partial charge in [0, 0.05) is 31.3 Å². The van der Waals surface area contributed by atoms with Crippen LogP contribution in [0.4, 0.5) is 5.69 Å². The standard InChI is InChI=1S/C12H14N6O2S/c1-3-17-8-11(15-9(17)2)21(19,20)16-10-6-14-12-13-4-5-18(12)7-10/h4-8,16H,3H2,1-2H3. The van der Waals surface area contributed by atoms with Crippen molar-refractivity contribution < 1.29 is 8.42 Å². The zero-order valence-corrected chi connectivity index (χ0v) is 12.4. The normalized spacial score (nSPS) is 11.9. The summed E-state index contributed by atoms with van der Waals surface area (Å²) >= 11 is 0. The largest absolute Gasteiger partial charge is 0.334 e. The number of aryl methyl sites for hydroxylation is 2. The molecule has 0 amide bonds. The number of aromatic nitrogens is 5. The Morgan fingerprint density at radius 2 is 2.10 bits per heavy atom. The molecule has 0 radical (unpaired) electrons. The first kappa shape index (κ1) is 13.6. The number of nitrogens with zero attached hydrogens (tertiary/aromatic N) is 5. The van der Waals surface area contributed by atoms with Crippen molar-refractivity contribution in [3.8, 4) is 0 Å². The van der Waals surface area contributed by atoms with Crippen molar-refractivity contribution in [1.82, 2.24) is 23.9 Å². The fraction of sp³-hybridized carbons (Fsp3) is 0.250. The molecule has 0 atom stereocenters. The van der Waals surface area contributed by atoms with E-state index in [1.54, 1.807) is 34.5 Å². The monoisotopic (exact) mass is 306 g/mol. The molecule has 0 aliphatic carbocycles. The zero-order valence-electron chi connectivity index (χ0n) is 11.6. The highest BCUT2D eigenvalue weighted by molar-refractivity contribution is 7.92. The van der Waals surface area contributed by atoms with Gasteiger partial charge >= 0.3 is 0 Å². The average Bonchev–Trinajstić information content (AvgIpc) is 3.04. The fourth-order valence-electron chi connectivity index (χ4n) is 2.01. The van der Waals surface area contributed by atoms with E-state index in [0.717, 1.165) is 0 Å². The summed E-state index contributed by atoms with van der Waals surface area (Å²) in [7, 11) is -3.73. The van der Waals surface area contributed by atoms with Gasteiger partial charge in [-0.25, -0.2) is 15.0 Å². The van der Waals surface area contributed by atoms with Crippen molar-refractivity contribution in [2.45, 2.75) is 25.4 Å². The van der Waals surface area contributed by atoms with E-state index in [4.69, 9.17) is 0 Å². The van der Waals surface area contributed by atoms with Gasteiger partial charge in [0.15, 0.2) is 5.03 Å². The molecule has 110 valence electrons. The zero-order chi connectivity index (χ0) is 15.0. The Morgan fingerprint density at radius 3 is 2.81 bits per heavy atom. The third-order valence-corrected chi connectivity index (χ3v) is 4.32. The molecule has 0 aliphatic rings. The van der Waals surface area contributed by atoms with Crippen molar-refractivity contribution in [3.63, 3.8) is 0 Å². The van der Waals surface area contributed by atoms with Crippen LogP contribution >= 0.6 is 0 Å². The van der Waals surface area contributed by atoms with Gasteiger partial charge in [-0.15, -0.1) is 0 Å². The summed E-state index contributed by atoms with van der Waals surface area (Å²) in [5, 5.41) is -0.00687. The Bertz CT molecular complexity index is 896. The van der Waals surface area contributed by atoms with E-state index in [-0.39, 0.29) is 5.03 Å². The molecule has 8 nitrogen and oxygen atoms in total. The van der Waals surface area contributed by atoms with Crippen LogP contribution in [0.3, 0.4) is 0 Å². The summed E-state index contributed by atoms with van der Waals surface area (Å²) in [6, 6.07) is 0. The van der Waals surface area contributed by atoms with Gasteiger partial charge in [0.25, 0.3) is 10.0 Å². The summed E-state index contributed by atoms with van der Waals surface area (Å²) in [5.41, 5.74) is 0.351. The van der Waals surface area contributed by atoms with Crippen LogP contribution in [0.1, 0.15) is 12.7 Å². The molecule has 0 unspecified atom stereocenters. The number of nitrogens with one attached hydrogen (secondary N) is 1. The van der Waals surface area contributed by atoms with Crippen molar-refractivity contribution in [2.24, 2.45) is 0 Å². The molecule has 0 saturated heterocycles. The number of sulfonamides is 1. The minimum absolute atomic E-state index is 0.00687. The highest BCUT2D eigenvalue weighted by Crippen LogP contribution is 2.15. The van der Waals surface area contributed by atoms with Crippen LogP contribution < -0.4 is 4.72 Å². The van der Waals surface area contributed by atoms with Crippen molar-refractivity contribution in [3.05, 3.63) is 36.8 Å². The van der Waals surface area contributed by atoms with E-state index in [9.17, 15) is 8.42 Å². The first-order valence-electron chi connectivity index (χ1n) is 6.35. The van der Waals surface area contributed by atoms with Gasteiger partial charge in [-0.2, -0.15) is 8.42 Å². The molecular formula is C12H14N6O2S. The third kappa shape index (κ3) is 2.47. The Balaban J connectivity index is 1.94. The lowest BCUT2D eigenvalue weighted by atomic mass is 10.6. The maximum absolute atomic E-state index is 12.3. The Labute approximate surface area is 121 Å². The Kier molecular flexibility index (Phi) is 3.13. The average molecular weight is 306 g/mol. The fourth-order valence-corrected chi connectivity index (χ4v) is 3.04. The highest BCUT2D eigenvalue weighted by atomic mass is 32.2. The van der Waals surface area contributed by atoms with Crippen molar-refractivity contribution in [2.75, 3.05) is 4.72 Å². The second kappa shape index (κ2) is 4.85. The predicted molar refractivity (Wildman–Crippen MR) is 76.4 cm³/mol. The summed E-state index contributed by atoms with van der Waals surface area (Å²) in [6.07, 6.45) is 7.82. The molecule has 0 aliphatic heterocycles. The van der Waals surface area contributed by atoms with E-state index >= 15 is 0 Å². The Hall–Kier alpha value is -2.42. The first-order valence-corrected chi connectivity index (χ1v) is 7.83. The second-order valence-corrected chi connectivity index (χ2v) is 6.12. The minimum atomic E-state index is -3.73. The topological polar surface area (TPSA) is 94.2 Å². The molecular weight excluding hydrogens is 292 g/mol. The number of hydrogen-bond acceptors (Lipinski definition) is 5. The number of hydrogen-bond donors (Lipinski definition) is 1. The molecule has 3 aromatic rings. The number of fused-ring (bicyclic) bond motifs is 1. The minimum Gasteiger partial charge on any atom is -0.334 e. The molecule has 21 heavy (non-hydrogen) atoms. The molecule has 0 aromatic carbocycles. The maximum Gasteiger partial charge on any atom is 0.281 e. The number of anilines is 1. The maximum atomic E-state index is 12.3. The lowest BCUT2D eigenvalue weighted by Gasteiger charge is -2.05. The Morgan fingerprint density at radius 1 is 1.29 bits per heavy atom. The molecule has 3 rings (SSSR count). The quantitative estimate of drug-likeness (QED) is 0.777. The van der Waals surface area contributed by atoms with Crippen LogP contribution in [-0.4, -0.2) is 32.3 Å². The lowest BCUT2D eigenvalue weighted by Crippen LogP contribution is -2.14. The van der Waals surface area contributed by atoms with Gasteiger partial charge < -0.3 is 4.57 Å². The molecule has 0 saturated carbocycles. The third-order valence-electron chi connectivity index (χ3n) is 3.07. The lowest BCUT2D eigenvalue weighted by molar-refractivity contribution is 0.598. The van der Waals surface area contributed by atoms with E-state index < -0.39 is 10.0 Å². The SMILES string of the molecule is CCn1cc(S(=O)(=O)Nc2cnc3nccn3c2)nc1C. The van der Waals surface area contributed by atoms with Gasteiger partial charge in [0.1, 0.15) is 5.82 Å². The summed E-state index contributed by atoms with van der Waals surface area (Å²) in [5.74, 6) is 1.16. The molecule has 0 spiro atoms. The van der Waals surface area contributed by atoms with Crippen LogP contribution in [0.2, 0.25) is 0 Å². The molecule has 3 aromatic heterocycles. The van der Waals surface area contributed by atoms with Gasteiger partial charge in [-0.1, -0.05) is 0 Å². The first-order chi connectivity index (χ1) is 9.99. The van der Waals surface area contributed by atoms with Crippen LogP contribution in [0.15, 0.2) is 36.0 Å². The van der Waals surface area contributed by atoms with E-state index in [0.29, 0.717) is 23.8 Å². The van der Waals surface area contributed by atoms with Gasteiger partial charge in [0.2, 0.25) is 5.78 Å². The summed E-state index contributed by atoms with van der Waals surface area (Å²) < 4.78 is 30.5. The van der Waals surface area contributed by atoms with Crippen molar-refractivity contribution >= 4 is 21.5 Å². The predicted octanol–water partition coefficient (Wildman–Crippen LogP) is 1.05. The van der Waals surface area contributed by atoms with Crippen molar-refractivity contribution in [1.29, 1.82) is 0 Å². The molecule has 1 N–H and O–H groups in total. The summed E-state index contributed by atoms with van der Waals surface area (Å²) in [4.78, 5) is 12.1. The summed E-state index contributed by atoms with van der Waals surface area (Å²) in [6.45, 7) is 4.36.